The van der Waals surface area contributed by atoms with Crippen LogP contribution in [0.3, 0.4) is 0 Å². The zero-order valence-corrected chi connectivity index (χ0v) is 19.0. The van der Waals surface area contributed by atoms with Gasteiger partial charge in [-0.25, -0.2) is 0 Å². The predicted octanol–water partition coefficient (Wildman–Crippen LogP) is 4.83. The van der Waals surface area contributed by atoms with E-state index < -0.39 is 0 Å². The highest BCUT2D eigenvalue weighted by atomic mass is 16.1. The maximum Gasteiger partial charge on any atom is 0.251 e. The highest BCUT2D eigenvalue weighted by Crippen LogP contribution is 2.19. The number of rotatable bonds is 7. The average molecular weight is 420 g/mol. The van der Waals surface area contributed by atoms with Gasteiger partial charge >= 0.3 is 0 Å². The molecule has 0 bridgehead atoms. The molecule has 2 aromatic rings. The van der Waals surface area contributed by atoms with Gasteiger partial charge in [0.15, 0.2) is 0 Å². The van der Waals surface area contributed by atoms with Crippen LogP contribution in [0.15, 0.2) is 48.5 Å². The van der Waals surface area contributed by atoms with Crippen LogP contribution in [0.25, 0.3) is 0 Å². The van der Waals surface area contributed by atoms with Gasteiger partial charge in [-0.2, -0.15) is 0 Å². The monoisotopic (exact) mass is 419 g/mol. The summed E-state index contributed by atoms with van der Waals surface area (Å²) < 4.78 is 0. The Morgan fingerprint density at radius 1 is 0.871 bits per heavy atom. The summed E-state index contributed by atoms with van der Waals surface area (Å²) in [5.74, 6) is 0.794. The van der Waals surface area contributed by atoms with E-state index >= 15 is 0 Å². The number of piperidine rings is 2. The molecular formula is C27H37N3O. The molecule has 4 heteroatoms. The van der Waals surface area contributed by atoms with Gasteiger partial charge in [-0.15, -0.1) is 0 Å². The number of benzene rings is 2. The second-order valence-corrected chi connectivity index (χ2v) is 9.47. The molecule has 2 aliphatic rings. The van der Waals surface area contributed by atoms with Crippen molar-refractivity contribution in [1.29, 1.82) is 0 Å². The minimum Gasteiger partial charge on any atom is -0.348 e. The number of carbonyl (C=O) groups excluding carboxylic acids is 1. The van der Waals surface area contributed by atoms with Crippen LogP contribution in [0, 0.1) is 5.92 Å². The lowest BCUT2D eigenvalue weighted by Crippen LogP contribution is -2.33. The van der Waals surface area contributed by atoms with Gasteiger partial charge in [-0.3, -0.25) is 14.6 Å². The van der Waals surface area contributed by atoms with Gasteiger partial charge in [0.25, 0.3) is 5.91 Å². The topological polar surface area (TPSA) is 35.6 Å². The molecule has 1 amide bonds. The highest BCUT2D eigenvalue weighted by molar-refractivity contribution is 5.94. The van der Waals surface area contributed by atoms with Crippen LogP contribution < -0.4 is 5.32 Å². The number of likely N-dealkylation sites (tertiary alicyclic amines) is 2. The normalized spacial score (nSPS) is 20.5. The second-order valence-electron chi connectivity index (χ2n) is 9.47. The number of hydrogen-bond acceptors (Lipinski definition) is 3. The summed E-state index contributed by atoms with van der Waals surface area (Å²) in [6.45, 7) is 9.61. The Labute approximate surface area is 187 Å². The van der Waals surface area contributed by atoms with Crippen LogP contribution >= 0.6 is 0 Å². The van der Waals surface area contributed by atoms with Crippen LogP contribution in [-0.2, 0) is 19.6 Å². The third-order valence-corrected chi connectivity index (χ3v) is 6.76. The van der Waals surface area contributed by atoms with E-state index in [-0.39, 0.29) is 5.91 Å². The van der Waals surface area contributed by atoms with Crippen molar-refractivity contribution in [2.75, 3.05) is 26.2 Å². The fraction of sp³-hybridized carbons (Fsp3) is 0.519. The first kappa shape index (κ1) is 22.0. The number of nitrogens with zero attached hydrogens (tertiary/aromatic N) is 2. The first-order valence-corrected chi connectivity index (χ1v) is 12.1. The van der Waals surface area contributed by atoms with E-state index in [0.29, 0.717) is 6.54 Å². The Balaban J connectivity index is 1.30. The lowest BCUT2D eigenvalue weighted by molar-refractivity contribution is 0.0950. The lowest BCUT2D eigenvalue weighted by Gasteiger charge is -2.30. The molecule has 2 heterocycles. The summed E-state index contributed by atoms with van der Waals surface area (Å²) in [4.78, 5) is 17.8. The number of carbonyl (C=O) groups is 1. The third kappa shape index (κ3) is 6.41. The van der Waals surface area contributed by atoms with Crippen molar-refractivity contribution in [1.82, 2.24) is 15.1 Å². The molecule has 166 valence electrons. The van der Waals surface area contributed by atoms with Crippen LogP contribution in [0.1, 0.15) is 66.1 Å². The SMILES string of the molecule is C[C@H]1CCCN(Cc2ccc(C(=O)NCc3ccccc3CN3CCCCC3)cc2)C1. The van der Waals surface area contributed by atoms with Gasteiger partial charge in [0.2, 0.25) is 0 Å². The molecule has 2 fully saturated rings. The van der Waals surface area contributed by atoms with Gasteiger partial charge in [0.1, 0.15) is 0 Å². The minimum atomic E-state index is 0.00548. The molecule has 1 N–H and O–H groups in total. The number of amides is 1. The zero-order valence-electron chi connectivity index (χ0n) is 19.0. The summed E-state index contributed by atoms with van der Waals surface area (Å²) in [6.07, 6.45) is 6.58. The molecule has 0 aromatic heterocycles. The van der Waals surface area contributed by atoms with Gasteiger partial charge in [0, 0.05) is 31.7 Å². The molecule has 0 aliphatic carbocycles. The predicted molar refractivity (Wildman–Crippen MR) is 127 cm³/mol. The molecule has 2 aliphatic heterocycles. The minimum absolute atomic E-state index is 0.00548. The molecule has 4 nitrogen and oxygen atoms in total. The Hall–Kier alpha value is -2.17. The molecule has 2 aromatic carbocycles. The molecule has 2 saturated heterocycles. The van der Waals surface area contributed by atoms with E-state index in [0.717, 1.165) is 24.6 Å². The Bertz CT molecular complexity index is 842. The van der Waals surface area contributed by atoms with Crippen molar-refractivity contribution in [2.45, 2.75) is 58.7 Å². The first-order valence-electron chi connectivity index (χ1n) is 12.1. The Morgan fingerprint density at radius 2 is 1.58 bits per heavy atom. The van der Waals surface area contributed by atoms with Crippen LogP contribution in [0.2, 0.25) is 0 Å². The molecular weight excluding hydrogens is 382 g/mol. The number of hydrogen-bond donors (Lipinski definition) is 1. The van der Waals surface area contributed by atoms with Crippen molar-refractivity contribution >= 4 is 5.91 Å². The van der Waals surface area contributed by atoms with Gasteiger partial charge in [-0.05, 0) is 80.1 Å². The second kappa shape index (κ2) is 10.9. The standard InChI is InChI=1S/C27H37N3O/c1-22-8-7-17-30(19-22)20-23-11-13-24(14-12-23)27(31)28-18-25-9-3-4-10-26(25)21-29-15-5-2-6-16-29/h3-4,9-14,22H,2,5-8,15-21H2,1H3,(H,28,31)/t22-/m0/s1. The maximum absolute atomic E-state index is 12.7. The molecule has 0 unspecified atom stereocenters. The zero-order chi connectivity index (χ0) is 21.5. The largest absolute Gasteiger partial charge is 0.348 e. The van der Waals surface area contributed by atoms with Crippen LogP contribution in [0.5, 0.6) is 0 Å². The molecule has 0 saturated carbocycles. The van der Waals surface area contributed by atoms with Gasteiger partial charge in [0.05, 0.1) is 0 Å². The van der Waals surface area contributed by atoms with E-state index in [9.17, 15) is 4.79 Å². The summed E-state index contributed by atoms with van der Waals surface area (Å²) in [5.41, 5.74) is 4.58. The molecule has 4 rings (SSSR count). The fourth-order valence-corrected chi connectivity index (χ4v) is 4.97. The lowest BCUT2D eigenvalue weighted by atomic mass is 9.99. The van der Waals surface area contributed by atoms with Crippen molar-refractivity contribution in [2.24, 2.45) is 5.92 Å². The quantitative estimate of drug-likeness (QED) is 0.698. The molecule has 1 atom stereocenters. The number of nitrogens with one attached hydrogen (secondary N) is 1. The summed E-state index contributed by atoms with van der Waals surface area (Å²) in [6, 6.07) is 16.7. The van der Waals surface area contributed by atoms with Crippen molar-refractivity contribution in [3.63, 3.8) is 0 Å². The summed E-state index contributed by atoms with van der Waals surface area (Å²) >= 11 is 0. The maximum atomic E-state index is 12.7. The van der Waals surface area contributed by atoms with E-state index in [1.54, 1.807) is 0 Å². The summed E-state index contributed by atoms with van der Waals surface area (Å²) in [7, 11) is 0. The smallest absolute Gasteiger partial charge is 0.251 e. The van der Waals surface area contributed by atoms with Crippen LogP contribution in [-0.4, -0.2) is 41.9 Å². The van der Waals surface area contributed by atoms with Gasteiger partial charge in [-0.1, -0.05) is 49.7 Å². The molecule has 0 spiro atoms. The van der Waals surface area contributed by atoms with E-state index in [4.69, 9.17) is 0 Å². The first-order chi connectivity index (χ1) is 15.2. The van der Waals surface area contributed by atoms with Crippen molar-refractivity contribution < 1.29 is 4.79 Å². The molecule has 31 heavy (non-hydrogen) atoms. The third-order valence-electron chi connectivity index (χ3n) is 6.76. The Kier molecular flexibility index (Phi) is 7.76. The average Bonchev–Trinajstić information content (AvgIpc) is 2.79. The van der Waals surface area contributed by atoms with E-state index in [1.165, 1.54) is 75.0 Å². The van der Waals surface area contributed by atoms with E-state index in [1.807, 2.05) is 12.1 Å². The van der Waals surface area contributed by atoms with Crippen molar-refractivity contribution in [3.05, 3.63) is 70.8 Å². The summed E-state index contributed by atoms with van der Waals surface area (Å²) in [5, 5.41) is 3.13. The highest BCUT2D eigenvalue weighted by Gasteiger charge is 2.17. The van der Waals surface area contributed by atoms with Gasteiger partial charge < -0.3 is 5.32 Å². The van der Waals surface area contributed by atoms with Crippen LogP contribution in [0.4, 0.5) is 0 Å². The Morgan fingerprint density at radius 3 is 2.32 bits per heavy atom. The van der Waals surface area contributed by atoms with E-state index in [2.05, 4.69) is 58.4 Å². The van der Waals surface area contributed by atoms with Crippen molar-refractivity contribution in [3.8, 4) is 0 Å². The molecule has 0 radical (unpaired) electrons. The fourth-order valence-electron chi connectivity index (χ4n) is 4.97.